The van der Waals surface area contributed by atoms with Gasteiger partial charge >= 0.3 is 11.6 Å². The van der Waals surface area contributed by atoms with Gasteiger partial charge in [0.15, 0.2) is 0 Å². The van der Waals surface area contributed by atoms with E-state index >= 15 is 0 Å². The molecule has 166 valence electrons. The zero-order valence-corrected chi connectivity index (χ0v) is 17.9. The summed E-state index contributed by atoms with van der Waals surface area (Å²) >= 11 is 0. The molecule has 0 amide bonds. The van der Waals surface area contributed by atoms with Crippen molar-refractivity contribution in [3.05, 3.63) is 94.1 Å². The van der Waals surface area contributed by atoms with Crippen molar-refractivity contribution in [3.8, 4) is 16.9 Å². The van der Waals surface area contributed by atoms with E-state index in [9.17, 15) is 19.1 Å². The summed E-state index contributed by atoms with van der Waals surface area (Å²) in [6.07, 6.45) is 2.53. The summed E-state index contributed by atoms with van der Waals surface area (Å²) in [5.74, 6) is -1.49. The minimum absolute atomic E-state index is 0.0421. The lowest BCUT2D eigenvalue weighted by Crippen LogP contribution is -2.16. The van der Waals surface area contributed by atoms with Crippen molar-refractivity contribution in [1.82, 2.24) is 0 Å². The van der Waals surface area contributed by atoms with E-state index in [2.05, 4.69) is 0 Å². The van der Waals surface area contributed by atoms with Gasteiger partial charge in [0.25, 0.3) is 0 Å². The van der Waals surface area contributed by atoms with Crippen molar-refractivity contribution in [2.24, 2.45) is 0 Å². The predicted octanol–water partition coefficient (Wildman–Crippen LogP) is 5.48. The number of fused-ring (bicyclic) bond motifs is 1. The van der Waals surface area contributed by atoms with Gasteiger partial charge in [0, 0.05) is 30.3 Å². The fraction of sp³-hybridized carbons (Fsp3) is 0.0769. The highest BCUT2D eigenvalue weighted by atomic mass is 19.1. The van der Waals surface area contributed by atoms with E-state index in [4.69, 9.17) is 9.52 Å². The molecule has 0 aliphatic heterocycles. The van der Waals surface area contributed by atoms with Gasteiger partial charge in [-0.3, -0.25) is 0 Å². The predicted molar refractivity (Wildman–Crippen MR) is 125 cm³/mol. The Morgan fingerprint density at radius 3 is 2.45 bits per heavy atom. The molecule has 4 aromatic rings. The minimum atomic E-state index is -1.04. The van der Waals surface area contributed by atoms with Crippen LogP contribution in [0.3, 0.4) is 0 Å². The molecule has 6 nitrogen and oxygen atoms in total. The van der Waals surface area contributed by atoms with Gasteiger partial charge in [-0.2, -0.15) is 0 Å². The number of carbonyl (C=O) groups is 1. The fourth-order valence-electron chi connectivity index (χ4n) is 3.77. The second kappa shape index (κ2) is 8.63. The number of aromatic hydroxyl groups is 1. The van der Waals surface area contributed by atoms with Crippen molar-refractivity contribution in [2.75, 3.05) is 11.9 Å². The third kappa shape index (κ3) is 4.34. The molecule has 0 atom stereocenters. The first-order valence-corrected chi connectivity index (χ1v) is 10.1. The number of nitrogens with zero attached hydrogens (tertiary/aromatic N) is 1. The highest BCUT2D eigenvalue weighted by Gasteiger charge is 2.22. The maximum Gasteiger partial charge on any atom is 0.346 e. The number of phenols is 1. The van der Waals surface area contributed by atoms with Gasteiger partial charge in [0.1, 0.15) is 17.1 Å². The highest BCUT2D eigenvalue weighted by Crippen LogP contribution is 2.40. The van der Waals surface area contributed by atoms with Gasteiger partial charge in [-0.05, 0) is 66.1 Å². The molecule has 33 heavy (non-hydrogen) atoms. The van der Waals surface area contributed by atoms with Crippen molar-refractivity contribution in [1.29, 1.82) is 0 Å². The molecular formula is C26H20FNO5. The van der Waals surface area contributed by atoms with Gasteiger partial charge in [0.05, 0.1) is 11.3 Å². The van der Waals surface area contributed by atoms with Crippen LogP contribution in [0.5, 0.6) is 5.75 Å². The third-order valence-corrected chi connectivity index (χ3v) is 5.36. The van der Waals surface area contributed by atoms with Crippen LogP contribution < -0.4 is 10.5 Å². The molecular weight excluding hydrogens is 425 g/mol. The number of phenolic OH excluding ortho intramolecular Hbond substituents is 1. The molecule has 0 radical (unpaired) electrons. The van der Waals surface area contributed by atoms with E-state index in [1.54, 1.807) is 55.3 Å². The van der Waals surface area contributed by atoms with Gasteiger partial charge < -0.3 is 19.5 Å². The number of aliphatic carboxylic acids is 1. The zero-order valence-electron chi connectivity index (χ0n) is 17.9. The Morgan fingerprint density at radius 2 is 1.79 bits per heavy atom. The van der Waals surface area contributed by atoms with Gasteiger partial charge in [-0.25, -0.2) is 14.0 Å². The number of carboxylic acids is 1. The normalized spacial score (nSPS) is 11.2. The second-order valence-corrected chi connectivity index (χ2v) is 7.57. The van der Waals surface area contributed by atoms with Crippen LogP contribution in [0, 0.1) is 12.7 Å². The maximum absolute atomic E-state index is 13.8. The summed E-state index contributed by atoms with van der Waals surface area (Å²) in [6, 6.07) is 15.8. The van der Waals surface area contributed by atoms with Crippen LogP contribution in [-0.2, 0) is 4.79 Å². The van der Waals surface area contributed by atoms with E-state index in [1.165, 1.54) is 30.3 Å². The Kier molecular flexibility index (Phi) is 5.70. The highest BCUT2D eigenvalue weighted by molar-refractivity contribution is 6.01. The van der Waals surface area contributed by atoms with Gasteiger partial charge in [-0.1, -0.05) is 18.2 Å². The average Bonchev–Trinajstić information content (AvgIpc) is 2.77. The maximum atomic E-state index is 13.8. The number of carboxylic acid groups (broad SMARTS) is 1. The monoisotopic (exact) mass is 445 g/mol. The topological polar surface area (TPSA) is 91.0 Å². The van der Waals surface area contributed by atoms with Crippen molar-refractivity contribution >= 4 is 34.4 Å². The smallest absolute Gasteiger partial charge is 0.346 e. The lowest BCUT2D eigenvalue weighted by Gasteiger charge is -2.24. The van der Waals surface area contributed by atoms with Crippen molar-refractivity contribution in [3.63, 3.8) is 0 Å². The number of hydrogen-bond acceptors (Lipinski definition) is 5. The number of rotatable bonds is 5. The first kappa shape index (κ1) is 21.8. The molecule has 0 bridgehead atoms. The Bertz CT molecular complexity index is 1450. The molecule has 0 saturated heterocycles. The summed E-state index contributed by atoms with van der Waals surface area (Å²) < 4.78 is 19.3. The molecule has 2 N–H and O–H groups in total. The molecule has 0 spiro atoms. The standard InChI is InChI=1S/C26H20FNO5/c1-15-13-17(27)6-10-20(15)24-25(21-11-9-19(29)14-22(21)33-26(24)32)28(2)18-7-3-16(4-8-18)5-12-23(30)31/h3-14,29H,1-2H3,(H,30,31)/b12-5+. The Balaban J connectivity index is 1.94. The number of benzene rings is 3. The van der Waals surface area contributed by atoms with Crippen LogP contribution in [0.4, 0.5) is 15.8 Å². The summed E-state index contributed by atoms with van der Waals surface area (Å²) in [4.78, 5) is 25.7. The first-order chi connectivity index (χ1) is 15.7. The molecule has 0 saturated carbocycles. The fourth-order valence-corrected chi connectivity index (χ4v) is 3.77. The van der Waals surface area contributed by atoms with E-state index < -0.39 is 17.4 Å². The molecule has 0 fully saturated rings. The molecule has 0 aliphatic carbocycles. The first-order valence-electron chi connectivity index (χ1n) is 10.1. The van der Waals surface area contributed by atoms with Gasteiger partial charge in [-0.15, -0.1) is 0 Å². The van der Waals surface area contributed by atoms with Crippen LogP contribution in [0.25, 0.3) is 28.2 Å². The van der Waals surface area contributed by atoms with Crippen LogP contribution in [0.2, 0.25) is 0 Å². The quantitative estimate of drug-likeness (QED) is 0.312. The van der Waals surface area contributed by atoms with Crippen LogP contribution in [0.15, 0.2) is 76.0 Å². The van der Waals surface area contributed by atoms with Crippen molar-refractivity contribution in [2.45, 2.75) is 6.92 Å². The van der Waals surface area contributed by atoms with E-state index in [1.807, 2.05) is 0 Å². The lowest BCUT2D eigenvalue weighted by molar-refractivity contribution is -0.131. The Morgan fingerprint density at radius 1 is 1.06 bits per heavy atom. The number of aryl methyl sites for hydroxylation is 1. The summed E-state index contributed by atoms with van der Waals surface area (Å²) in [6.45, 7) is 1.71. The largest absolute Gasteiger partial charge is 0.508 e. The van der Waals surface area contributed by atoms with Gasteiger partial charge in [0.2, 0.25) is 0 Å². The van der Waals surface area contributed by atoms with E-state index in [-0.39, 0.29) is 16.9 Å². The summed E-state index contributed by atoms with van der Waals surface area (Å²) in [7, 11) is 1.78. The molecule has 3 aromatic carbocycles. The van der Waals surface area contributed by atoms with Crippen LogP contribution in [0.1, 0.15) is 11.1 Å². The zero-order chi connectivity index (χ0) is 23.7. The number of halogens is 1. The molecule has 4 rings (SSSR count). The SMILES string of the molecule is Cc1cc(F)ccc1-c1c(N(C)c2ccc(/C=C/C(=O)O)cc2)c2ccc(O)cc2oc1=O. The molecule has 0 unspecified atom stereocenters. The molecule has 7 heteroatoms. The van der Waals surface area contributed by atoms with Crippen LogP contribution >= 0.6 is 0 Å². The Labute approximate surface area is 188 Å². The average molecular weight is 445 g/mol. The third-order valence-electron chi connectivity index (χ3n) is 5.36. The van der Waals surface area contributed by atoms with Crippen LogP contribution in [-0.4, -0.2) is 23.2 Å². The Hall–Kier alpha value is -4.39. The molecule has 1 aromatic heterocycles. The van der Waals surface area contributed by atoms with E-state index in [0.29, 0.717) is 27.8 Å². The number of hydrogen-bond donors (Lipinski definition) is 2. The lowest BCUT2D eigenvalue weighted by atomic mass is 9.97. The second-order valence-electron chi connectivity index (χ2n) is 7.57. The minimum Gasteiger partial charge on any atom is -0.508 e. The van der Waals surface area contributed by atoms with Crippen molar-refractivity contribution < 1.29 is 23.8 Å². The molecule has 0 aliphatic rings. The summed E-state index contributed by atoms with van der Waals surface area (Å²) in [5, 5.41) is 19.3. The molecule has 1 heterocycles. The number of anilines is 2. The van der Waals surface area contributed by atoms with E-state index in [0.717, 1.165) is 11.8 Å². The summed E-state index contributed by atoms with van der Waals surface area (Å²) in [5.41, 5.74) is 2.92.